The van der Waals surface area contributed by atoms with Crippen LogP contribution in [0.4, 0.5) is 11.5 Å². The highest BCUT2D eigenvalue weighted by Crippen LogP contribution is 2.25. The number of hydrogen-bond acceptors (Lipinski definition) is 8. The van der Waals surface area contributed by atoms with Crippen LogP contribution in [0, 0.1) is 0 Å². The summed E-state index contributed by atoms with van der Waals surface area (Å²) in [4.78, 5) is 20.6. The van der Waals surface area contributed by atoms with Gasteiger partial charge in [-0.25, -0.2) is 0 Å². The van der Waals surface area contributed by atoms with E-state index in [-0.39, 0.29) is 5.91 Å². The lowest BCUT2D eigenvalue weighted by molar-refractivity contribution is 0.0735. The number of rotatable bonds is 4. The number of anilines is 2. The molecule has 0 radical (unpaired) electrons. The van der Waals surface area contributed by atoms with Gasteiger partial charge in [-0.15, -0.1) is 16.4 Å². The molecule has 2 saturated heterocycles. The van der Waals surface area contributed by atoms with Crippen LogP contribution in [-0.2, 0) is 11.8 Å². The van der Waals surface area contributed by atoms with Crippen LogP contribution in [0.25, 0.3) is 10.6 Å². The highest BCUT2D eigenvalue weighted by Gasteiger charge is 2.26. The second-order valence-corrected chi connectivity index (χ2v) is 8.61. The van der Waals surface area contributed by atoms with E-state index in [2.05, 4.69) is 31.2 Å². The molecule has 0 saturated carbocycles. The van der Waals surface area contributed by atoms with Crippen molar-refractivity contribution < 1.29 is 9.53 Å². The van der Waals surface area contributed by atoms with E-state index in [1.165, 1.54) is 0 Å². The first-order valence-electron chi connectivity index (χ1n) is 10.5. The predicted molar refractivity (Wildman–Crippen MR) is 120 cm³/mol. The molecule has 0 spiro atoms. The van der Waals surface area contributed by atoms with Crippen molar-refractivity contribution in [3.05, 3.63) is 41.5 Å². The number of hydrogen-bond donors (Lipinski definition) is 0. The Morgan fingerprint density at radius 1 is 1.06 bits per heavy atom. The summed E-state index contributed by atoms with van der Waals surface area (Å²) in [7, 11) is 1.83. The van der Waals surface area contributed by atoms with Crippen LogP contribution in [-0.4, -0.2) is 83.3 Å². The smallest absolute Gasteiger partial charge is 0.272 e. The third-order valence-electron chi connectivity index (χ3n) is 5.77. The zero-order valence-corrected chi connectivity index (χ0v) is 18.3. The van der Waals surface area contributed by atoms with Gasteiger partial charge in [-0.2, -0.15) is 10.2 Å². The standard InChI is InChI=1S/C21H25N7O2S/c1-25-18(14-17(24-25)19-3-2-12-31-19)21(29)28-6-4-26(5-7-28)16-13-20(23-22-15-16)27-8-10-30-11-9-27/h2-3,12-15H,4-11H2,1H3. The zero-order chi connectivity index (χ0) is 21.2. The first-order chi connectivity index (χ1) is 15.2. The lowest BCUT2D eigenvalue weighted by Crippen LogP contribution is -2.49. The number of nitrogens with zero attached hydrogens (tertiary/aromatic N) is 7. The molecule has 5 heterocycles. The number of thiophene rings is 1. The van der Waals surface area contributed by atoms with Gasteiger partial charge < -0.3 is 19.4 Å². The number of piperazine rings is 1. The maximum atomic E-state index is 13.1. The van der Waals surface area contributed by atoms with Gasteiger partial charge in [0.1, 0.15) is 11.4 Å². The molecule has 10 heteroatoms. The van der Waals surface area contributed by atoms with Gasteiger partial charge in [0.15, 0.2) is 5.82 Å². The Bertz CT molecular complexity index is 1040. The van der Waals surface area contributed by atoms with Gasteiger partial charge in [0.2, 0.25) is 0 Å². The first-order valence-corrected chi connectivity index (χ1v) is 11.3. The van der Waals surface area contributed by atoms with E-state index in [1.54, 1.807) is 22.2 Å². The average molecular weight is 440 g/mol. The number of aromatic nitrogens is 4. The van der Waals surface area contributed by atoms with Crippen molar-refractivity contribution in [1.29, 1.82) is 0 Å². The normalized spacial score (nSPS) is 17.3. The summed E-state index contributed by atoms with van der Waals surface area (Å²) in [5.74, 6) is 0.912. The Morgan fingerprint density at radius 3 is 2.61 bits per heavy atom. The van der Waals surface area contributed by atoms with Crippen LogP contribution in [0.15, 0.2) is 35.8 Å². The van der Waals surface area contributed by atoms with Crippen molar-refractivity contribution in [1.82, 2.24) is 24.9 Å². The van der Waals surface area contributed by atoms with Crippen molar-refractivity contribution in [2.24, 2.45) is 7.05 Å². The van der Waals surface area contributed by atoms with Crippen LogP contribution in [0.3, 0.4) is 0 Å². The lowest BCUT2D eigenvalue weighted by atomic mass is 10.2. The molecule has 2 aliphatic rings. The Kier molecular flexibility index (Phi) is 5.56. The lowest BCUT2D eigenvalue weighted by Gasteiger charge is -2.36. The fraction of sp³-hybridized carbons (Fsp3) is 0.429. The van der Waals surface area contributed by atoms with Gasteiger partial charge in [0.05, 0.1) is 30.0 Å². The van der Waals surface area contributed by atoms with Gasteiger partial charge >= 0.3 is 0 Å². The summed E-state index contributed by atoms with van der Waals surface area (Å²) < 4.78 is 7.11. The maximum absolute atomic E-state index is 13.1. The molecule has 1 amide bonds. The number of amides is 1. The minimum absolute atomic E-state index is 0.0271. The molecule has 3 aromatic rings. The molecule has 9 nitrogen and oxygen atoms in total. The maximum Gasteiger partial charge on any atom is 0.272 e. The van der Waals surface area contributed by atoms with Crippen molar-refractivity contribution >= 4 is 28.7 Å². The molecule has 0 aromatic carbocycles. The van der Waals surface area contributed by atoms with Crippen LogP contribution < -0.4 is 9.80 Å². The second kappa shape index (κ2) is 8.64. The fourth-order valence-electron chi connectivity index (χ4n) is 4.01. The Labute approximate surface area is 184 Å². The quantitative estimate of drug-likeness (QED) is 0.613. The topological polar surface area (TPSA) is 79.6 Å². The number of carbonyl (C=O) groups excluding carboxylic acids is 1. The molecule has 2 aliphatic heterocycles. The molecule has 0 bridgehead atoms. The highest BCUT2D eigenvalue weighted by atomic mass is 32.1. The molecule has 0 aliphatic carbocycles. The Hall–Kier alpha value is -2.98. The molecular formula is C21H25N7O2S. The first kappa shape index (κ1) is 20.0. The fourth-order valence-corrected chi connectivity index (χ4v) is 4.69. The molecular weight excluding hydrogens is 414 g/mol. The van der Waals surface area contributed by atoms with Crippen LogP contribution in [0.1, 0.15) is 10.5 Å². The highest BCUT2D eigenvalue weighted by molar-refractivity contribution is 7.13. The van der Waals surface area contributed by atoms with E-state index in [9.17, 15) is 4.79 Å². The number of carbonyl (C=O) groups is 1. The Morgan fingerprint density at radius 2 is 1.87 bits per heavy atom. The van der Waals surface area contributed by atoms with Crippen molar-refractivity contribution in [3.63, 3.8) is 0 Å². The molecule has 5 rings (SSSR count). The van der Waals surface area contributed by atoms with Gasteiger partial charge in [-0.05, 0) is 17.5 Å². The summed E-state index contributed by atoms with van der Waals surface area (Å²) in [6.45, 7) is 5.94. The van der Waals surface area contributed by atoms with E-state index in [1.807, 2.05) is 35.5 Å². The molecule has 0 unspecified atom stereocenters. The van der Waals surface area contributed by atoms with E-state index >= 15 is 0 Å². The van der Waals surface area contributed by atoms with Gasteiger partial charge in [0.25, 0.3) is 5.91 Å². The number of ether oxygens (including phenoxy) is 1. The van der Waals surface area contributed by atoms with Gasteiger partial charge in [-0.3, -0.25) is 9.48 Å². The van der Waals surface area contributed by atoms with Gasteiger partial charge in [-0.1, -0.05) is 6.07 Å². The molecule has 3 aromatic heterocycles. The van der Waals surface area contributed by atoms with Crippen molar-refractivity contribution in [3.8, 4) is 10.6 Å². The van der Waals surface area contributed by atoms with Crippen molar-refractivity contribution in [2.75, 3.05) is 62.3 Å². The summed E-state index contributed by atoms with van der Waals surface area (Å²) in [5, 5.41) is 15.0. The molecule has 0 N–H and O–H groups in total. The summed E-state index contributed by atoms with van der Waals surface area (Å²) in [6.07, 6.45) is 1.80. The van der Waals surface area contributed by atoms with E-state index < -0.39 is 0 Å². The molecule has 31 heavy (non-hydrogen) atoms. The summed E-state index contributed by atoms with van der Waals surface area (Å²) in [5.41, 5.74) is 2.51. The van der Waals surface area contributed by atoms with E-state index in [0.717, 1.165) is 61.5 Å². The monoisotopic (exact) mass is 439 g/mol. The van der Waals surface area contributed by atoms with Crippen LogP contribution in [0.5, 0.6) is 0 Å². The van der Waals surface area contributed by atoms with Crippen LogP contribution >= 0.6 is 11.3 Å². The zero-order valence-electron chi connectivity index (χ0n) is 17.5. The molecule has 0 atom stereocenters. The summed E-state index contributed by atoms with van der Waals surface area (Å²) in [6, 6.07) is 7.99. The second-order valence-electron chi connectivity index (χ2n) is 7.67. The van der Waals surface area contributed by atoms with Crippen molar-refractivity contribution in [2.45, 2.75) is 0 Å². The predicted octanol–water partition coefficient (Wildman–Crippen LogP) is 1.74. The SMILES string of the molecule is Cn1nc(-c2cccs2)cc1C(=O)N1CCN(c2cnnc(N3CCOCC3)c2)CC1. The van der Waals surface area contributed by atoms with Crippen LogP contribution in [0.2, 0.25) is 0 Å². The number of morpholine rings is 1. The molecule has 2 fully saturated rings. The third kappa shape index (κ3) is 4.13. The van der Waals surface area contributed by atoms with E-state index in [4.69, 9.17) is 4.74 Å². The minimum Gasteiger partial charge on any atom is -0.378 e. The molecule has 162 valence electrons. The largest absolute Gasteiger partial charge is 0.378 e. The summed E-state index contributed by atoms with van der Waals surface area (Å²) >= 11 is 1.63. The number of aryl methyl sites for hydroxylation is 1. The third-order valence-corrected chi connectivity index (χ3v) is 6.66. The van der Waals surface area contributed by atoms with E-state index in [0.29, 0.717) is 18.8 Å². The van der Waals surface area contributed by atoms with Gasteiger partial charge in [0, 0.05) is 52.4 Å². The Balaban J connectivity index is 1.24. The minimum atomic E-state index is 0.0271. The average Bonchev–Trinajstić information content (AvgIpc) is 3.49.